The first kappa shape index (κ1) is 18.5. The molecule has 0 aliphatic carbocycles. The van der Waals surface area contributed by atoms with Crippen molar-refractivity contribution in [3.63, 3.8) is 0 Å². The van der Waals surface area contributed by atoms with Crippen LogP contribution in [0.15, 0.2) is 30.3 Å². The zero-order chi connectivity index (χ0) is 18.5. The molecule has 0 spiro atoms. The van der Waals surface area contributed by atoms with E-state index in [1.165, 1.54) is 0 Å². The fourth-order valence-electron chi connectivity index (χ4n) is 3.44. The van der Waals surface area contributed by atoms with E-state index in [-0.39, 0.29) is 5.91 Å². The molecule has 6 nitrogen and oxygen atoms in total. The molecule has 1 aliphatic rings. The van der Waals surface area contributed by atoms with Gasteiger partial charge in [0.2, 0.25) is 5.91 Å². The molecule has 1 amide bonds. The van der Waals surface area contributed by atoms with Crippen LogP contribution in [-0.4, -0.2) is 59.7 Å². The minimum absolute atomic E-state index is 0.162. The Morgan fingerprint density at radius 1 is 1.31 bits per heavy atom. The largest absolute Gasteiger partial charge is 0.497 e. The summed E-state index contributed by atoms with van der Waals surface area (Å²) in [5.74, 6) is 1.50. The van der Waals surface area contributed by atoms with E-state index in [1.807, 2.05) is 38.2 Å². The number of carbonyl (C=O) groups excluding carboxylic acids is 1. The van der Waals surface area contributed by atoms with Crippen LogP contribution in [-0.2, 0) is 11.3 Å². The van der Waals surface area contributed by atoms with Crippen LogP contribution < -0.4 is 4.74 Å². The zero-order valence-corrected chi connectivity index (χ0v) is 15.9. The zero-order valence-electron chi connectivity index (χ0n) is 15.9. The summed E-state index contributed by atoms with van der Waals surface area (Å²) in [7, 11) is 3.52. The molecule has 6 heteroatoms. The molecule has 0 atom stereocenters. The number of likely N-dealkylation sites (tertiary alicyclic amines) is 1. The minimum atomic E-state index is 0.162. The van der Waals surface area contributed by atoms with Crippen LogP contribution in [0.25, 0.3) is 0 Å². The number of hydrogen-bond acceptors (Lipinski definition) is 4. The number of nitrogens with zero attached hydrogens (tertiary/aromatic N) is 3. The molecule has 0 radical (unpaired) electrons. The number of H-pyrrole nitrogens is 1. The Kier molecular flexibility index (Phi) is 5.93. The number of piperidine rings is 1. The summed E-state index contributed by atoms with van der Waals surface area (Å²) >= 11 is 0. The first-order valence-electron chi connectivity index (χ1n) is 9.16. The van der Waals surface area contributed by atoms with Gasteiger partial charge in [0.25, 0.3) is 0 Å². The smallest absolute Gasteiger partial charge is 0.236 e. The molecule has 1 aromatic heterocycles. The molecule has 3 rings (SSSR count). The van der Waals surface area contributed by atoms with Crippen molar-refractivity contribution in [2.45, 2.75) is 32.2 Å². The lowest BCUT2D eigenvalue weighted by molar-refractivity contribution is -0.131. The van der Waals surface area contributed by atoms with Crippen molar-refractivity contribution in [2.75, 3.05) is 33.8 Å². The number of benzene rings is 1. The van der Waals surface area contributed by atoms with E-state index in [1.54, 1.807) is 12.0 Å². The number of hydrogen-bond donors (Lipinski definition) is 1. The predicted molar refractivity (Wildman–Crippen MR) is 101 cm³/mol. The van der Waals surface area contributed by atoms with E-state index in [9.17, 15) is 4.79 Å². The second-order valence-corrected chi connectivity index (χ2v) is 7.12. The summed E-state index contributed by atoms with van der Waals surface area (Å²) in [6.45, 7) is 5.02. The first-order valence-corrected chi connectivity index (χ1v) is 9.16. The van der Waals surface area contributed by atoms with Crippen LogP contribution in [0.4, 0.5) is 0 Å². The molecule has 1 saturated heterocycles. The average molecular weight is 356 g/mol. The van der Waals surface area contributed by atoms with Gasteiger partial charge in [-0.2, -0.15) is 5.10 Å². The van der Waals surface area contributed by atoms with Gasteiger partial charge in [-0.1, -0.05) is 12.1 Å². The Balaban J connectivity index is 1.45. The number of aromatic amines is 1. The summed E-state index contributed by atoms with van der Waals surface area (Å²) < 4.78 is 5.17. The Bertz CT molecular complexity index is 718. The van der Waals surface area contributed by atoms with Crippen molar-refractivity contribution in [2.24, 2.45) is 0 Å². The van der Waals surface area contributed by atoms with E-state index < -0.39 is 0 Å². The number of carbonyl (C=O) groups is 1. The van der Waals surface area contributed by atoms with E-state index in [0.717, 1.165) is 48.6 Å². The molecule has 0 saturated carbocycles. The van der Waals surface area contributed by atoms with Gasteiger partial charge in [0, 0.05) is 25.2 Å². The highest BCUT2D eigenvalue weighted by Gasteiger charge is 2.24. The summed E-state index contributed by atoms with van der Waals surface area (Å²) in [5, 5.41) is 7.41. The lowest BCUT2D eigenvalue weighted by Crippen LogP contribution is -2.41. The van der Waals surface area contributed by atoms with Gasteiger partial charge in [0.05, 0.1) is 19.3 Å². The molecule has 1 aromatic carbocycles. The van der Waals surface area contributed by atoms with Gasteiger partial charge in [-0.3, -0.25) is 14.8 Å². The number of rotatable bonds is 6. The van der Waals surface area contributed by atoms with Gasteiger partial charge in [-0.25, -0.2) is 0 Å². The average Bonchev–Trinajstić information content (AvgIpc) is 3.09. The molecule has 1 N–H and O–H groups in total. The van der Waals surface area contributed by atoms with Crippen LogP contribution in [0, 0.1) is 6.92 Å². The Hall–Kier alpha value is -2.34. The molecule has 140 valence electrons. The van der Waals surface area contributed by atoms with Crippen molar-refractivity contribution in [3.05, 3.63) is 47.3 Å². The van der Waals surface area contributed by atoms with Crippen molar-refractivity contribution in [1.29, 1.82) is 0 Å². The fraction of sp³-hybridized carbons (Fsp3) is 0.500. The van der Waals surface area contributed by atoms with E-state index in [2.05, 4.69) is 21.2 Å². The second-order valence-electron chi connectivity index (χ2n) is 7.12. The highest BCUT2D eigenvalue weighted by molar-refractivity contribution is 5.78. The molecule has 2 aromatic rings. The van der Waals surface area contributed by atoms with Crippen LogP contribution in [0.5, 0.6) is 5.75 Å². The van der Waals surface area contributed by atoms with Gasteiger partial charge in [0.1, 0.15) is 5.75 Å². The standard InChI is InChI=1S/C20H28N4O2/c1-15-12-19(22-21-15)17-8-10-24(11-9-17)14-20(25)23(2)13-16-4-6-18(26-3)7-5-16/h4-7,12,17H,8-11,13-14H2,1-3H3,(H,21,22). The monoisotopic (exact) mass is 356 g/mol. The molecular weight excluding hydrogens is 328 g/mol. The maximum Gasteiger partial charge on any atom is 0.236 e. The SMILES string of the molecule is COc1ccc(CN(C)C(=O)CN2CCC(c3cc(C)[nH]n3)CC2)cc1. The number of ether oxygens (including phenoxy) is 1. The second kappa shape index (κ2) is 8.36. The third-order valence-corrected chi connectivity index (χ3v) is 5.10. The number of likely N-dealkylation sites (N-methyl/N-ethyl adjacent to an activating group) is 1. The minimum Gasteiger partial charge on any atom is -0.497 e. The van der Waals surface area contributed by atoms with Gasteiger partial charge in [-0.15, -0.1) is 0 Å². The topological polar surface area (TPSA) is 61.5 Å². The van der Waals surface area contributed by atoms with Crippen molar-refractivity contribution in [3.8, 4) is 5.75 Å². The highest BCUT2D eigenvalue weighted by Crippen LogP contribution is 2.26. The van der Waals surface area contributed by atoms with Gasteiger partial charge < -0.3 is 9.64 Å². The lowest BCUT2D eigenvalue weighted by atomic mass is 9.93. The number of nitrogens with one attached hydrogen (secondary N) is 1. The lowest BCUT2D eigenvalue weighted by Gasteiger charge is -2.31. The maximum atomic E-state index is 12.5. The molecule has 0 unspecified atom stereocenters. The first-order chi connectivity index (χ1) is 12.5. The number of amides is 1. The maximum absolute atomic E-state index is 12.5. The van der Waals surface area contributed by atoms with Crippen molar-refractivity contribution in [1.82, 2.24) is 20.0 Å². The fourth-order valence-corrected chi connectivity index (χ4v) is 3.44. The predicted octanol–water partition coefficient (Wildman–Crippen LogP) is 2.56. The summed E-state index contributed by atoms with van der Waals surface area (Å²) in [5.41, 5.74) is 3.37. The molecular formula is C20H28N4O2. The number of aryl methyl sites for hydroxylation is 1. The molecule has 26 heavy (non-hydrogen) atoms. The molecule has 0 bridgehead atoms. The van der Waals surface area contributed by atoms with Gasteiger partial charge in [-0.05, 0) is 56.6 Å². The Labute approximate surface area is 155 Å². The van der Waals surface area contributed by atoms with E-state index >= 15 is 0 Å². The molecule has 2 heterocycles. The molecule has 1 fully saturated rings. The Morgan fingerprint density at radius 2 is 2.00 bits per heavy atom. The van der Waals surface area contributed by atoms with Gasteiger partial charge >= 0.3 is 0 Å². The summed E-state index contributed by atoms with van der Waals surface area (Å²) in [6.07, 6.45) is 2.11. The summed E-state index contributed by atoms with van der Waals surface area (Å²) in [4.78, 5) is 16.6. The molecule has 1 aliphatic heterocycles. The highest BCUT2D eigenvalue weighted by atomic mass is 16.5. The Morgan fingerprint density at radius 3 is 2.58 bits per heavy atom. The van der Waals surface area contributed by atoms with Crippen molar-refractivity contribution < 1.29 is 9.53 Å². The third-order valence-electron chi connectivity index (χ3n) is 5.10. The number of aromatic nitrogens is 2. The van der Waals surface area contributed by atoms with Crippen LogP contribution in [0.1, 0.15) is 35.7 Å². The normalized spacial score (nSPS) is 15.8. The van der Waals surface area contributed by atoms with E-state index in [4.69, 9.17) is 4.74 Å². The quantitative estimate of drug-likeness (QED) is 0.864. The van der Waals surface area contributed by atoms with Crippen LogP contribution in [0.3, 0.4) is 0 Å². The van der Waals surface area contributed by atoms with Gasteiger partial charge in [0.15, 0.2) is 0 Å². The summed E-state index contributed by atoms with van der Waals surface area (Å²) in [6, 6.07) is 9.98. The number of methoxy groups -OCH3 is 1. The van der Waals surface area contributed by atoms with Crippen LogP contribution >= 0.6 is 0 Å². The van der Waals surface area contributed by atoms with Crippen molar-refractivity contribution >= 4 is 5.91 Å². The van der Waals surface area contributed by atoms with Crippen LogP contribution in [0.2, 0.25) is 0 Å². The van der Waals surface area contributed by atoms with E-state index in [0.29, 0.717) is 19.0 Å². The third kappa shape index (κ3) is 4.64.